The molecule has 0 radical (unpaired) electrons. The lowest BCUT2D eigenvalue weighted by Gasteiger charge is -2.50. The topological polar surface area (TPSA) is 317 Å². The Morgan fingerprint density at radius 3 is 1.54 bits per heavy atom. The number of ketones is 2. The van der Waals surface area contributed by atoms with Crippen LogP contribution in [0.3, 0.4) is 0 Å². The number of nitrogen functional groups attached to an aromatic ring is 2. The van der Waals surface area contributed by atoms with Crippen LogP contribution in [0.2, 0.25) is 0 Å². The second-order valence-corrected chi connectivity index (χ2v) is 21.9. The van der Waals surface area contributed by atoms with Gasteiger partial charge < -0.3 is 42.1 Å². The fourth-order valence-electron chi connectivity index (χ4n) is 12.4. The van der Waals surface area contributed by atoms with Crippen molar-refractivity contribution in [2.24, 2.45) is 10.8 Å². The van der Waals surface area contributed by atoms with E-state index in [2.05, 4.69) is 64.8 Å². The Labute approximate surface area is 408 Å². The van der Waals surface area contributed by atoms with E-state index in [1.54, 1.807) is 11.0 Å². The Kier molecular flexibility index (Phi) is 11.6. The summed E-state index contributed by atoms with van der Waals surface area (Å²) in [6.45, 7) is 9.12. The largest absolute Gasteiger partial charge is 0.475 e. The molecule has 1 unspecified atom stereocenters. The number of hydrogen-bond donors (Lipinski definition) is 9. The van der Waals surface area contributed by atoms with Crippen molar-refractivity contribution in [3.8, 4) is 0 Å². The van der Waals surface area contributed by atoms with Crippen molar-refractivity contribution in [1.29, 1.82) is 0 Å². The standard InChI is InChI=1S/C25H29N7O3.C23H28N2O2.C3H4N4O2/c1-24(2)12-25(7-3-8-25)17-15-10-13(4-5-16(15)28-18(17)19(24)33)21(34)27-14-6-9-32(11-14)22(35)20-29-23(26)31-30-20;1-22(2)13-23(10-5-11-23)18-16-12-14(21(27)24-15-6-3-4-7-15)8-9-17(16)25-19(18)20(22)26;4-3-5-1(2(8)9)6-7-3/h4-5,10,14,28H,3,6-9,11-12H2,1-2H3,(H,27,34)(H3,26,29,30,31);8-9,12,15,25H,3-7,10-11,13H2,1-2H3,(H,24,27);(H,8,9)(H3,4,5,6,7). The van der Waals surface area contributed by atoms with Crippen molar-refractivity contribution in [2.45, 2.75) is 134 Å². The van der Waals surface area contributed by atoms with E-state index in [1.807, 2.05) is 44.2 Å². The number of aromatic carboxylic acids is 1. The van der Waals surface area contributed by atoms with E-state index < -0.39 is 11.4 Å². The number of nitrogens with two attached hydrogens (primary N) is 2. The SMILES string of the molecule is CC1(C)CC2(CCC2)c2c([nH]c3ccc(C(=O)NC4CCCC4)cc23)C1=O.CC1(C)CC2(CCC2)c2c([nH]c3ccc(C(=O)NC4CCN(C(=O)c5nc(N)n[nH]5)C4)cc23)C1=O.Nc1n[nH]c(C(=O)O)n1. The minimum atomic E-state index is -1.17. The zero-order chi connectivity index (χ0) is 50.2. The van der Waals surface area contributed by atoms with E-state index in [-0.39, 0.29) is 75.1 Å². The van der Waals surface area contributed by atoms with Crippen molar-refractivity contribution in [2.75, 3.05) is 24.6 Å². The van der Waals surface area contributed by atoms with E-state index in [0.29, 0.717) is 42.4 Å². The second kappa shape index (κ2) is 17.5. The van der Waals surface area contributed by atoms with Crippen molar-refractivity contribution in [3.63, 3.8) is 0 Å². The molecule has 0 bridgehead atoms. The first-order valence-corrected chi connectivity index (χ1v) is 24.7. The molecule has 5 aliphatic carbocycles. The van der Waals surface area contributed by atoms with Crippen LogP contribution in [0.15, 0.2) is 36.4 Å². The van der Waals surface area contributed by atoms with E-state index >= 15 is 0 Å². The van der Waals surface area contributed by atoms with Gasteiger partial charge in [-0.3, -0.25) is 34.2 Å². The molecule has 11 N–H and O–H groups in total. The third kappa shape index (κ3) is 8.49. The number of carbonyl (C=O) groups is 6. The maximum atomic E-state index is 13.2. The molecular weight excluding hydrogens is 907 g/mol. The molecule has 12 rings (SSSR count). The van der Waals surface area contributed by atoms with E-state index in [9.17, 15) is 28.8 Å². The number of rotatable bonds is 6. The number of Topliss-reactive ketones (excluding diaryl/α,β-unsaturated/α-hetero) is 2. The second-order valence-electron chi connectivity index (χ2n) is 21.9. The fourth-order valence-corrected chi connectivity index (χ4v) is 12.4. The van der Waals surface area contributed by atoms with Gasteiger partial charge in [-0.05, 0) is 116 Å². The lowest BCUT2D eigenvalue weighted by atomic mass is 9.53. The van der Waals surface area contributed by atoms with Crippen molar-refractivity contribution in [1.82, 2.24) is 55.9 Å². The van der Waals surface area contributed by atoms with Gasteiger partial charge in [-0.15, -0.1) is 10.2 Å². The Bertz CT molecular complexity index is 3140. The minimum absolute atomic E-state index is 0.0104. The van der Waals surface area contributed by atoms with E-state index in [0.717, 1.165) is 90.9 Å². The first kappa shape index (κ1) is 47.3. The molecule has 20 nitrogen and oxygen atoms in total. The molecule has 1 aliphatic heterocycles. The van der Waals surface area contributed by atoms with Crippen LogP contribution in [0.25, 0.3) is 21.8 Å². The zero-order valence-corrected chi connectivity index (χ0v) is 40.5. The van der Waals surface area contributed by atoms with Gasteiger partial charge in [-0.2, -0.15) is 9.97 Å². The molecular formula is C51H61N13O7. The maximum absolute atomic E-state index is 13.2. The first-order chi connectivity index (χ1) is 33.8. The van der Waals surface area contributed by atoms with Crippen LogP contribution in [0.4, 0.5) is 11.9 Å². The summed E-state index contributed by atoms with van der Waals surface area (Å²) in [5, 5.41) is 28.2. The number of anilines is 2. The highest BCUT2D eigenvalue weighted by Crippen LogP contribution is 2.59. The Hall–Kier alpha value is -7.38. The summed E-state index contributed by atoms with van der Waals surface area (Å²) in [5.74, 6) is -1.45. The summed E-state index contributed by atoms with van der Waals surface area (Å²) in [5.41, 5.74) is 16.8. The number of hydrogen-bond acceptors (Lipinski definition) is 12. The number of carboxylic acids is 1. The van der Waals surface area contributed by atoms with Crippen LogP contribution < -0.4 is 22.1 Å². The van der Waals surface area contributed by atoms with E-state index in [1.165, 1.54) is 24.8 Å². The summed E-state index contributed by atoms with van der Waals surface area (Å²) >= 11 is 0. The average Bonchev–Trinajstić information content (AvgIpc) is 4.18. The molecule has 4 fully saturated rings. The molecule has 71 heavy (non-hydrogen) atoms. The third-order valence-corrected chi connectivity index (χ3v) is 16.0. The number of aromatic amines is 4. The van der Waals surface area contributed by atoms with Crippen molar-refractivity contribution >= 4 is 69.0 Å². The number of aromatic nitrogens is 8. The highest BCUT2D eigenvalue weighted by atomic mass is 16.4. The van der Waals surface area contributed by atoms with Gasteiger partial charge in [-0.25, -0.2) is 4.79 Å². The number of fused-ring (bicyclic) bond motifs is 8. The number of likely N-dealkylation sites (tertiary alicyclic amines) is 1. The molecule has 372 valence electrons. The smallest absolute Gasteiger partial charge is 0.373 e. The number of nitrogens with one attached hydrogen (secondary N) is 6. The highest BCUT2D eigenvalue weighted by Gasteiger charge is 2.54. The van der Waals surface area contributed by atoms with Crippen molar-refractivity contribution < 1.29 is 33.9 Å². The lowest BCUT2D eigenvalue weighted by molar-refractivity contribution is 0.0656. The molecule has 1 saturated heterocycles. The van der Waals surface area contributed by atoms with Crippen LogP contribution in [0, 0.1) is 10.8 Å². The quantitative estimate of drug-likeness (QED) is 0.0861. The fraction of sp³-hybridized carbons (Fsp3) is 0.490. The monoisotopic (exact) mass is 967 g/mol. The van der Waals surface area contributed by atoms with Gasteiger partial charge in [0.15, 0.2) is 11.6 Å². The number of carbonyl (C=O) groups excluding carboxylic acids is 5. The molecule has 3 amide bonds. The molecule has 20 heteroatoms. The van der Waals surface area contributed by atoms with Crippen LogP contribution in [-0.4, -0.2) is 111 Å². The molecule has 3 saturated carbocycles. The molecule has 5 heterocycles. The molecule has 6 aliphatic rings. The van der Waals surface area contributed by atoms with Crippen LogP contribution in [0.1, 0.15) is 185 Å². The Balaban J connectivity index is 0.000000143. The average molecular weight is 968 g/mol. The maximum Gasteiger partial charge on any atom is 0.373 e. The normalized spacial score (nSPS) is 21.1. The van der Waals surface area contributed by atoms with Crippen LogP contribution in [-0.2, 0) is 10.8 Å². The van der Waals surface area contributed by atoms with Gasteiger partial charge in [0.05, 0.1) is 11.4 Å². The molecule has 1 atom stereocenters. The van der Waals surface area contributed by atoms with Gasteiger partial charge in [0.1, 0.15) is 0 Å². The summed E-state index contributed by atoms with van der Waals surface area (Å²) < 4.78 is 0. The Morgan fingerprint density at radius 2 is 1.13 bits per heavy atom. The lowest BCUT2D eigenvalue weighted by Crippen LogP contribution is -2.46. The Morgan fingerprint density at radius 1 is 0.662 bits per heavy atom. The van der Waals surface area contributed by atoms with Gasteiger partial charge in [0.2, 0.25) is 23.5 Å². The van der Waals surface area contributed by atoms with Gasteiger partial charge in [-0.1, -0.05) is 53.4 Å². The summed E-state index contributed by atoms with van der Waals surface area (Å²) in [4.78, 5) is 90.4. The third-order valence-electron chi connectivity index (χ3n) is 16.0. The number of carboxylic acid groups (broad SMARTS) is 1. The number of benzene rings is 2. The van der Waals surface area contributed by atoms with Crippen molar-refractivity contribution in [3.05, 3.63) is 81.7 Å². The molecule has 2 aromatic carbocycles. The summed E-state index contributed by atoms with van der Waals surface area (Å²) in [6, 6.07) is 11.6. The zero-order valence-electron chi connectivity index (χ0n) is 40.5. The molecule has 2 spiro atoms. The first-order valence-electron chi connectivity index (χ1n) is 24.7. The summed E-state index contributed by atoms with van der Waals surface area (Å²) in [7, 11) is 0. The molecule has 6 aromatic rings. The highest BCUT2D eigenvalue weighted by molar-refractivity contribution is 6.10. The summed E-state index contributed by atoms with van der Waals surface area (Å²) in [6.07, 6.45) is 13.8. The predicted molar refractivity (Wildman–Crippen MR) is 263 cm³/mol. The molecule has 4 aromatic heterocycles. The minimum Gasteiger partial charge on any atom is -0.475 e. The van der Waals surface area contributed by atoms with E-state index in [4.69, 9.17) is 16.6 Å². The van der Waals surface area contributed by atoms with Crippen LogP contribution >= 0.6 is 0 Å². The number of amides is 3. The van der Waals surface area contributed by atoms with Gasteiger partial charge >= 0.3 is 5.97 Å². The van der Waals surface area contributed by atoms with Crippen LogP contribution in [0.5, 0.6) is 0 Å². The van der Waals surface area contributed by atoms with Gasteiger partial charge in [0.25, 0.3) is 17.7 Å². The number of nitrogens with zero attached hydrogens (tertiary/aromatic N) is 5. The number of H-pyrrole nitrogens is 4. The predicted octanol–water partition coefficient (Wildman–Crippen LogP) is 6.51. The van der Waals surface area contributed by atoms with Gasteiger partial charge in [0, 0.05) is 68.9 Å².